The Kier molecular flexibility index (Phi) is 7.08. The standard InChI is InChI=1S/C19H29ClFN3O/c1-19(2,3)17-14(6-5-9-25-17)12-24-18(22-4)23-11-13-7-8-16(21)15(20)10-13/h7-8,10,14,17H,5-6,9,11-12H2,1-4H3,(H2,22,23,24). The molecule has 0 aliphatic carbocycles. The van der Waals surface area contributed by atoms with E-state index in [-0.39, 0.29) is 16.5 Å². The highest BCUT2D eigenvalue weighted by atomic mass is 35.5. The van der Waals surface area contributed by atoms with Crippen LogP contribution in [0.5, 0.6) is 0 Å². The number of nitrogens with zero attached hydrogens (tertiary/aromatic N) is 1. The van der Waals surface area contributed by atoms with Crippen molar-refractivity contribution in [2.45, 2.75) is 46.3 Å². The Balaban J connectivity index is 1.88. The number of halogens is 2. The van der Waals surface area contributed by atoms with E-state index in [1.54, 1.807) is 19.2 Å². The summed E-state index contributed by atoms with van der Waals surface area (Å²) >= 11 is 5.82. The van der Waals surface area contributed by atoms with Crippen LogP contribution in [0.1, 0.15) is 39.2 Å². The minimum absolute atomic E-state index is 0.120. The van der Waals surface area contributed by atoms with Crippen LogP contribution in [0.15, 0.2) is 23.2 Å². The van der Waals surface area contributed by atoms with Crippen molar-refractivity contribution in [2.24, 2.45) is 16.3 Å². The van der Waals surface area contributed by atoms with E-state index >= 15 is 0 Å². The summed E-state index contributed by atoms with van der Waals surface area (Å²) in [4.78, 5) is 4.26. The molecule has 1 heterocycles. The Bertz CT molecular complexity index is 601. The van der Waals surface area contributed by atoms with Crippen molar-refractivity contribution in [1.29, 1.82) is 0 Å². The molecule has 0 radical (unpaired) electrons. The highest BCUT2D eigenvalue weighted by Gasteiger charge is 2.35. The summed E-state index contributed by atoms with van der Waals surface area (Å²) in [5, 5.41) is 6.77. The molecule has 1 aliphatic rings. The van der Waals surface area contributed by atoms with Crippen LogP contribution in [0.4, 0.5) is 4.39 Å². The van der Waals surface area contributed by atoms with Gasteiger partial charge in [-0.25, -0.2) is 4.39 Å². The molecule has 0 amide bonds. The minimum atomic E-state index is -0.404. The highest BCUT2D eigenvalue weighted by Crippen LogP contribution is 2.33. The number of hydrogen-bond donors (Lipinski definition) is 2. The lowest BCUT2D eigenvalue weighted by Gasteiger charge is -2.40. The van der Waals surface area contributed by atoms with E-state index in [1.165, 1.54) is 6.07 Å². The van der Waals surface area contributed by atoms with Crippen LogP contribution in [-0.2, 0) is 11.3 Å². The third-order valence-corrected chi connectivity index (χ3v) is 4.79. The predicted octanol–water partition coefficient (Wildman–Crippen LogP) is 3.99. The number of hydrogen-bond acceptors (Lipinski definition) is 2. The fourth-order valence-corrected chi connectivity index (χ4v) is 3.50. The third kappa shape index (κ3) is 5.86. The number of guanidine groups is 1. The van der Waals surface area contributed by atoms with Crippen LogP contribution in [-0.4, -0.2) is 32.3 Å². The van der Waals surface area contributed by atoms with Gasteiger partial charge in [0, 0.05) is 32.7 Å². The zero-order valence-corrected chi connectivity index (χ0v) is 16.3. The molecule has 1 fully saturated rings. The number of rotatable bonds is 4. The van der Waals surface area contributed by atoms with Crippen LogP contribution in [0.3, 0.4) is 0 Å². The van der Waals surface area contributed by atoms with E-state index in [9.17, 15) is 4.39 Å². The van der Waals surface area contributed by atoms with Gasteiger partial charge in [-0.05, 0) is 36.0 Å². The predicted molar refractivity (Wildman–Crippen MR) is 102 cm³/mol. The van der Waals surface area contributed by atoms with Gasteiger partial charge in [0.05, 0.1) is 11.1 Å². The van der Waals surface area contributed by atoms with Crippen LogP contribution in [0, 0.1) is 17.2 Å². The molecule has 140 valence electrons. The van der Waals surface area contributed by atoms with Crippen molar-refractivity contribution in [3.63, 3.8) is 0 Å². The quantitative estimate of drug-likeness (QED) is 0.623. The molecule has 1 aromatic carbocycles. The Labute approximate surface area is 155 Å². The van der Waals surface area contributed by atoms with Gasteiger partial charge in [0.15, 0.2) is 5.96 Å². The lowest BCUT2D eigenvalue weighted by molar-refractivity contribution is -0.0835. The van der Waals surface area contributed by atoms with Crippen LogP contribution in [0.25, 0.3) is 0 Å². The van der Waals surface area contributed by atoms with E-state index < -0.39 is 5.82 Å². The monoisotopic (exact) mass is 369 g/mol. The molecule has 1 saturated heterocycles. The molecule has 0 aromatic heterocycles. The lowest BCUT2D eigenvalue weighted by Crippen LogP contribution is -2.47. The first-order chi connectivity index (χ1) is 11.8. The number of aliphatic imine (C=N–C) groups is 1. The smallest absolute Gasteiger partial charge is 0.191 e. The first kappa shape index (κ1) is 20.0. The Hall–Kier alpha value is -1.33. The molecule has 1 aliphatic heterocycles. The van der Waals surface area contributed by atoms with Crippen molar-refractivity contribution >= 4 is 17.6 Å². The third-order valence-electron chi connectivity index (χ3n) is 4.50. The SMILES string of the molecule is CN=C(NCc1ccc(F)c(Cl)c1)NCC1CCCOC1C(C)(C)C. The lowest BCUT2D eigenvalue weighted by atomic mass is 9.78. The van der Waals surface area contributed by atoms with Gasteiger partial charge in [0.25, 0.3) is 0 Å². The maximum atomic E-state index is 13.2. The molecular formula is C19H29ClFN3O. The molecule has 2 unspecified atom stereocenters. The van der Waals surface area contributed by atoms with Gasteiger partial charge in [-0.15, -0.1) is 0 Å². The van der Waals surface area contributed by atoms with Crippen LogP contribution in [0.2, 0.25) is 5.02 Å². The molecule has 6 heteroatoms. The first-order valence-electron chi connectivity index (χ1n) is 8.81. The van der Waals surface area contributed by atoms with Crippen molar-refractivity contribution in [1.82, 2.24) is 10.6 Å². The van der Waals surface area contributed by atoms with Crippen molar-refractivity contribution < 1.29 is 9.13 Å². The summed E-state index contributed by atoms with van der Waals surface area (Å²) in [7, 11) is 1.74. The second-order valence-electron chi connectivity index (χ2n) is 7.61. The van der Waals surface area contributed by atoms with Gasteiger partial charge in [-0.3, -0.25) is 4.99 Å². The van der Waals surface area contributed by atoms with Gasteiger partial charge >= 0.3 is 0 Å². The number of nitrogens with one attached hydrogen (secondary N) is 2. The highest BCUT2D eigenvalue weighted by molar-refractivity contribution is 6.30. The molecule has 2 N–H and O–H groups in total. The second kappa shape index (κ2) is 8.86. The van der Waals surface area contributed by atoms with Crippen molar-refractivity contribution in [3.8, 4) is 0 Å². The average Bonchev–Trinajstić information content (AvgIpc) is 2.57. The zero-order chi connectivity index (χ0) is 18.4. The van der Waals surface area contributed by atoms with E-state index in [4.69, 9.17) is 16.3 Å². The van der Waals surface area contributed by atoms with Gasteiger partial charge in [-0.1, -0.05) is 38.4 Å². The van der Waals surface area contributed by atoms with Gasteiger partial charge < -0.3 is 15.4 Å². The Morgan fingerprint density at radius 1 is 1.36 bits per heavy atom. The fraction of sp³-hybridized carbons (Fsp3) is 0.632. The van der Waals surface area contributed by atoms with Crippen molar-refractivity contribution in [3.05, 3.63) is 34.6 Å². The maximum Gasteiger partial charge on any atom is 0.191 e. The van der Waals surface area contributed by atoms with Crippen molar-refractivity contribution in [2.75, 3.05) is 20.2 Å². The minimum Gasteiger partial charge on any atom is -0.377 e. The average molecular weight is 370 g/mol. The molecule has 0 saturated carbocycles. The summed E-state index contributed by atoms with van der Waals surface area (Å²) in [6, 6.07) is 4.72. The summed E-state index contributed by atoms with van der Waals surface area (Å²) < 4.78 is 19.2. The molecule has 4 nitrogen and oxygen atoms in total. The topological polar surface area (TPSA) is 45.7 Å². The Morgan fingerprint density at radius 3 is 2.76 bits per heavy atom. The van der Waals surface area contributed by atoms with E-state index in [0.717, 1.165) is 37.5 Å². The zero-order valence-electron chi connectivity index (χ0n) is 15.5. The van der Waals surface area contributed by atoms with E-state index in [2.05, 4.69) is 36.4 Å². The largest absolute Gasteiger partial charge is 0.377 e. The molecule has 2 rings (SSSR count). The molecular weight excluding hydrogens is 341 g/mol. The molecule has 2 atom stereocenters. The molecule has 1 aromatic rings. The van der Waals surface area contributed by atoms with E-state index in [1.807, 2.05) is 0 Å². The van der Waals surface area contributed by atoms with Gasteiger partial charge in [0.2, 0.25) is 0 Å². The Morgan fingerprint density at radius 2 is 2.12 bits per heavy atom. The maximum absolute atomic E-state index is 13.2. The van der Waals surface area contributed by atoms with Gasteiger partial charge in [-0.2, -0.15) is 0 Å². The van der Waals surface area contributed by atoms with E-state index in [0.29, 0.717) is 12.5 Å². The first-order valence-corrected chi connectivity index (χ1v) is 9.19. The number of benzene rings is 1. The summed E-state index contributed by atoms with van der Waals surface area (Å²) in [6.45, 7) is 8.86. The second-order valence-corrected chi connectivity index (χ2v) is 8.02. The summed E-state index contributed by atoms with van der Waals surface area (Å²) in [5.74, 6) is 0.768. The molecule has 0 bridgehead atoms. The normalized spacial score (nSPS) is 21.9. The summed E-state index contributed by atoms with van der Waals surface area (Å²) in [6.07, 6.45) is 2.49. The number of ether oxygens (including phenoxy) is 1. The molecule has 25 heavy (non-hydrogen) atoms. The summed E-state index contributed by atoms with van der Waals surface area (Å²) in [5.41, 5.74) is 1.03. The van der Waals surface area contributed by atoms with Crippen LogP contribution >= 0.6 is 11.6 Å². The van der Waals surface area contributed by atoms with Crippen LogP contribution < -0.4 is 10.6 Å². The fourth-order valence-electron chi connectivity index (χ4n) is 3.29. The molecule has 0 spiro atoms. The van der Waals surface area contributed by atoms with Gasteiger partial charge in [0.1, 0.15) is 5.82 Å².